The number of halogens is 1. The maximum Gasteiger partial charge on any atom is 0.305 e. The highest BCUT2D eigenvalue weighted by Gasteiger charge is 2.31. The number of hydrogen-bond acceptors (Lipinski definition) is 4. The van der Waals surface area contributed by atoms with Gasteiger partial charge in [-0.25, -0.2) is 9.07 Å². The molecule has 1 aromatic carbocycles. The van der Waals surface area contributed by atoms with E-state index in [-0.39, 0.29) is 24.2 Å². The van der Waals surface area contributed by atoms with Crippen LogP contribution in [0.5, 0.6) is 0 Å². The number of carbonyl (C=O) groups excluding carboxylic acids is 1. The third-order valence-corrected chi connectivity index (χ3v) is 5.18. The lowest BCUT2D eigenvalue weighted by Crippen LogP contribution is -2.47. The van der Waals surface area contributed by atoms with Crippen molar-refractivity contribution in [1.29, 1.82) is 0 Å². The zero-order chi connectivity index (χ0) is 18.0. The summed E-state index contributed by atoms with van der Waals surface area (Å²) < 4.78 is 14.6. The van der Waals surface area contributed by atoms with Gasteiger partial charge in [-0.15, -0.1) is 0 Å². The highest BCUT2D eigenvalue weighted by Crippen LogP contribution is 2.22. The van der Waals surface area contributed by atoms with Gasteiger partial charge in [-0.2, -0.15) is 16.9 Å². The molecule has 1 aliphatic rings. The Kier molecular flexibility index (Phi) is 5.08. The van der Waals surface area contributed by atoms with Gasteiger partial charge < -0.3 is 10.0 Å². The van der Waals surface area contributed by atoms with Crippen molar-refractivity contribution in [1.82, 2.24) is 14.7 Å². The molecular weight excluding hydrogens is 345 g/mol. The summed E-state index contributed by atoms with van der Waals surface area (Å²) in [6.07, 6.45) is 1.64. The molecule has 6 nitrogen and oxygen atoms in total. The molecule has 1 unspecified atom stereocenters. The summed E-state index contributed by atoms with van der Waals surface area (Å²) in [6.45, 7) is 2.29. The molecule has 0 radical (unpaired) electrons. The van der Waals surface area contributed by atoms with Crippen molar-refractivity contribution in [3.8, 4) is 5.69 Å². The summed E-state index contributed by atoms with van der Waals surface area (Å²) in [7, 11) is 0. The molecule has 132 valence electrons. The largest absolute Gasteiger partial charge is 0.481 e. The molecule has 1 amide bonds. The van der Waals surface area contributed by atoms with E-state index < -0.39 is 5.97 Å². The number of nitrogens with zero attached hydrogens (tertiary/aromatic N) is 3. The molecule has 1 atom stereocenters. The third-order valence-electron chi connectivity index (χ3n) is 4.09. The SMILES string of the molecule is Cc1cn(-c2ccc(F)cc2)nc1C(=O)N1CCSCC1CC(=O)O. The molecule has 0 bridgehead atoms. The number of carboxylic acids is 1. The predicted octanol–water partition coefficient (Wildman–Crippen LogP) is 2.35. The van der Waals surface area contributed by atoms with Gasteiger partial charge in [0.1, 0.15) is 5.82 Å². The number of aryl methyl sites for hydroxylation is 1. The first-order valence-corrected chi connectivity index (χ1v) is 9.04. The minimum absolute atomic E-state index is 0.0730. The summed E-state index contributed by atoms with van der Waals surface area (Å²) in [5, 5.41) is 13.4. The first-order valence-electron chi connectivity index (χ1n) is 7.88. The summed E-state index contributed by atoms with van der Waals surface area (Å²) in [4.78, 5) is 25.6. The Morgan fingerprint density at radius 3 is 2.76 bits per heavy atom. The third kappa shape index (κ3) is 3.84. The maximum atomic E-state index is 13.1. The second kappa shape index (κ2) is 7.26. The fourth-order valence-electron chi connectivity index (χ4n) is 2.83. The van der Waals surface area contributed by atoms with Gasteiger partial charge in [0.2, 0.25) is 0 Å². The number of rotatable bonds is 4. The second-order valence-corrected chi connectivity index (χ2v) is 7.06. The lowest BCUT2D eigenvalue weighted by molar-refractivity contribution is -0.138. The summed E-state index contributed by atoms with van der Waals surface area (Å²) in [5.41, 5.74) is 1.65. The maximum absolute atomic E-state index is 13.1. The van der Waals surface area contributed by atoms with Crippen LogP contribution in [-0.2, 0) is 4.79 Å². The molecule has 1 aromatic heterocycles. The zero-order valence-electron chi connectivity index (χ0n) is 13.7. The minimum Gasteiger partial charge on any atom is -0.481 e. The monoisotopic (exact) mass is 363 g/mol. The van der Waals surface area contributed by atoms with E-state index >= 15 is 0 Å². The van der Waals surface area contributed by atoms with Crippen LogP contribution in [0.15, 0.2) is 30.5 Å². The summed E-state index contributed by atoms with van der Waals surface area (Å²) >= 11 is 1.65. The van der Waals surface area contributed by atoms with Crippen LogP contribution in [0.25, 0.3) is 5.69 Å². The fourth-order valence-corrected chi connectivity index (χ4v) is 3.89. The van der Waals surface area contributed by atoms with Gasteiger partial charge >= 0.3 is 5.97 Å². The van der Waals surface area contributed by atoms with Crippen LogP contribution >= 0.6 is 11.8 Å². The predicted molar refractivity (Wildman–Crippen MR) is 92.7 cm³/mol. The molecule has 0 saturated carbocycles. The number of aliphatic carboxylic acids is 1. The van der Waals surface area contributed by atoms with Crippen LogP contribution in [0.3, 0.4) is 0 Å². The van der Waals surface area contributed by atoms with Crippen LogP contribution in [0.2, 0.25) is 0 Å². The van der Waals surface area contributed by atoms with Gasteiger partial charge in [0.05, 0.1) is 18.2 Å². The number of carboxylic acid groups (broad SMARTS) is 1. The average molecular weight is 363 g/mol. The van der Waals surface area contributed by atoms with Crippen molar-refractivity contribution in [3.63, 3.8) is 0 Å². The Morgan fingerprint density at radius 1 is 1.36 bits per heavy atom. The molecule has 0 spiro atoms. The molecule has 1 saturated heterocycles. The van der Waals surface area contributed by atoms with Crippen LogP contribution in [0.4, 0.5) is 4.39 Å². The van der Waals surface area contributed by atoms with E-state index in [9.17, 15) is 14.0 Å². The number of amides is 1. The highest BCUT2D eigenvalue weighted by atomic mass is 32.2. The van der Waals surface area contributed by atoms with Crippen molar-refractivity contribution in [2.45, 2.75) is 19.4 Å². The van der Waals surface area contributed by atoms with Gasteiger partial charge in [0.25, 0.3) is 5.91 Å². The Labute approximate surface area is 148 Å². The standard InChI is InChI=1S/C17H18FN3O3S/c1-11-9-21(13-4-2-12(18)3-5-13)19-16(11)17(24)20-6-7-25-10-14(20)8-15(22)23/h2-5,9,14H,6-8,10H2,1H3,(H,22,23). The van der Waals surface area contributed by atoms with Crippen molar-refractivity contribution < 1.29 is 19.1 Å². The van der Waals surface area contributed by atoms with E-state index in [4.69, 9.17) is 5.11 Å². The highest BCUT2D eigenvalue weighted by molar-refractivity contribution is 7.99. The molecule has 8 heteroatoms. The molecule has 1 fully saturated rings. The normalized spacial score (nSPS) is 17.5. The van der Waals surface area contributed by atoms with Crippen LogP contribution in [0, 0.1) is 12.7 Å². The number of thioether (sulfide) groups is 1. The molecule has 3 rings (SSSR count). The van der Waals surface area contributed by atoms with Gasteiger partial charge in [0.15, 0.2) is 5.69 Å². The number of benzene rings is 1. The molecule has 2 aromatic rings. The van der Waals surface area contributed by atoms with E-state index in [1.54, 1.807) is 41.9 Å². The van der Waals surface area contributed by atoms with Gasteiger partial charge in [-0.1, -0.05) is 0 Å². The topological polar surface area (TPSA) is 75.4 Å². The van der Waals surface area contributed by atoms with Gasteiger partial charge in [-0.3, -0.25) is 9.59 Å². The van der Waals surface area contributed by atoms with Crippen molar-refractivity contribution >= 4 is 23.6 Å². The van der Waals surface area contributed by atoms with E-state index in [0.717, 1.165) is 5.75 Å². The van der Waals surface area contributed by atoms with E-state index in [0.29, 0.717) is 29.2 Å². The Balaban J connectivity index is 1.86. The van der Waals surface area contributed by atoms with Crippen molar-refractivity contribution in [3.05, 3.63) is 47.5 Å². The van der Waals surface area contributed by atoms with Gasteiger partial charge in [-0.05, 0) is 31.2 Å². The summed E-state index contributed by atoms with van der Waals surface area (Å²) in [5.74, 6) is -0.134. The van der Waals surface area contributed by atoms with Crippen molar-refractivity contribution in [2.75, 3.05) is 18.1 Å². The molecule has 1 N–H and O–H groups in total. The number of hydrogen-bond donors (Lipinski definition) is 1. The first kappa shape index (κ1) is 17.5. The Hall–Kier alpha value is -2.35. The lowest BCUT2D eigenvalue weighted by Gasteiger charge is -2.34. The van der Waals surface area contributed by atoms with Crippen LogP contribution < -0.4 is 0 Å². The molecule has 0 aliphatic carbocycles. The first-order chi connectivity index (χ1) is 12.0. The molecule has 1 aliphatic heterocycles. The summed E-state index contributed by atoms with van der Waals surface area (Å²) in [6, 6.07) is 5.50. The van der Waals surface area contributed by atoms with Crippen LogP contribution in [0.1, 0.15) is 22.5 Å². The van der Waals surface area contributed by atoms with E-state index in [2.05, 4.69) is 5.10 Å². The molecular formula is C17H18FN3O3S. The Morgan fingerprint density at radius 2 is 2.08 bits per heavy atom. The Bertz CT molecular complexity index is 791. The average Bonchev–Trinajstić information content (AvgIpc) is 2.96. The second-order valence-electron chi connectivity index (χ2n) is 5.91. The minimum atomic E-state index is -0.918. The van der Waals surface area contributed by atoms with E-state index in [1.807, 2.05) is 0 Å². The quantitative estimate of drug-likeness (QED) is 0.902. The van der Waals surface area contributed by atoms with E-state index in [1.165, 1.54) is 16.8 Å². The molecule has 25 heavy (non-hydrogen) atoms. The molecule has 2 heterocycles. The smallest absolute Gasteiger partial charge is 0.305 e. The number of carbonyl (C=O) groups is 2. The van der Waals surface area contributed by atoms with Gasteiger partial charge in [0, 0.05) is 29.8 Å². The van der Waals surface area contributed by atoms with Crippen LogP contribution in [-0.4, -0.2) is 55.8 Å². The number of aromatic nitrogens is 2. The lowest BCUT2D eigenvalue weighted by atomic mass is 10.1. The fraction of sp³-hybridized carbons (Fsp3) is 0.353. The zero-order valence-corrected chi connectivity index (χ0v) is 14.5. The van der Waals surface area contributed by atoms with Crippen molar-refractivity contribution in [2.24, 2.45) is 0 Å².